The molecule has 0 aliphatic carbocycles. The lowest BCUT2D eigenvalue weighted by molar-refractivity contribution is -0.384. The highest BCUT2D eigenvalue weighted by atomic mass is 35.5. The number of hydrogen-bond donors (Lipinski definition) is 1. The van der Waals surface area contributed by atoms with Gasteiger partial charge in [-0.15, -0.1) is 11.3 Å². The van der Waals surface area contributed by atoms with Gasteiger partial charge >= 0.3 is 0 Å². The first-order valence-corrected chi connectivity index (χ1v) is 8.53. The van der Waals surface area contributed by atoms with Crippen LogP contribution in [-0.4, -0.2) is 13.3 Å². The third-order valence-corrected chi connectivity index (χ3v) is 6.10. The van der Waals surface area contributed by atoms with E-state index in [9.17, 15) is 18.5 Å². The summed E-state index contributed by atoms with van der Waals surface area (Å²) in [5.41, 5.74) is 0.166. The highest BCUT2D eigenvalue weighted by Crippen LogP contribution is 2.36. The quantitative estimate of drug-likeness (QED) is 0.648. The van der Waals surface area contributed by atoms with Crippen LogP contribution in [0.5, 0.6) is 0 Å². The van der Waals surface area contributed by atoms with Crippen LogP contribution in [0.15, 0.2) is 34.5 Å². The van der Waals surface area contributed by atoms with Crippen molar-refractivity contribution in [2.24, 2.45) is 0 Å². The molecule has 10 heteroatoms. The van der Waals surface area contributed by atoms with Crippen molar-refractivity contribution >= 4 is 50.2 Å². The van der Waals surface area contributed by atoms with Crippen LogP contribution in [0.3, 0.4) is 0 Å². The lowest BCUT2D eigenvalue weighted by atomic mass is 10.2. The minimum absolute atomic E-state index is 0.0225. The first kappa shape index (κ1) is 16.2. The molecule has 0 bridgehead atoms. The zero-order chi connectivity index (χ0) is 15.6. The first-order chi connectivity index (χ1) is 9.81. The maximum absolute atomic E-state index is 12.1. The number of halogens is 2. The van der Waals surface area contributed by atoms with Gasteiger partial charge in [-0.3, -0.25) is 10.1 Å². The second kappa shape index (κ2) is 6.29. The number of nitrogens with zero attached hydrogens (tertiary/aromatic N) is 1. The van der Waals surface area contributed by atoms with Crippen molar-refractivity contribution in [3.05, 3.63) is 55.4 Å². The predicted molar refractivity (Wildman–Crippen MR) is 81.5 cm³/mol. The van der Waals surface area contributed by atoms with E-state index in [0.29, 0.717) is 21.9 Å². The van der Waals surface area contributed by atoms with Crippen molar-refractivity contribution in [1.29, 1.82) is 0 Å². The van der Waals surface area contributed by atoms with Gasteiger partial charge < -0.3 is 0 Å². The summed E-state index contributed by atoms with van der Waals surface area (Å²) in [7, 11) is -3.89. The minimum Gasteiger partial charge on any atom is -0.258 e. The van der Waals surface area contributed by atoms with Gasteiger partial charge in [0, 0.05) is 17.6 Å². The number of sulfonamides is 1. The van der Waals surface area contributed by atoms with Crippen molar-refractivity contribution in [3.63, 3.8) is 0 Å². The fraction of sp³-hybridized carbons (Fsp3) is 0.0909. The Labute approximate surface area is 134 Å². The van der Waals surface area contributed by atoms with Crippen LogP contribution in [0.4, 0.5) is 5.69 Å². The average molecular weight is 367 g/mol. The molecule has 6 nitrogen and oxygen atoms in total. The minimum atomic E-state index is -3.89. The molecule has 0 fully saturated rings. The molecule has 2 rings (SSSR count). The fourth-order valence-corrected chi connectivity index (χ4v) is 4.40. The Hall–Kier alpha value is -1.19. The maximum Gasteiger partial charge on any atom is 0.300 e. The molecule has 112 valence electrons. The molecule has 0 aliphatic rings. The van der Waals surface area contributed by atoms with Crippen LogP contribution in [0.25, 0.3) is 0 Å². The summed E-state index contributed by atoms with van der Waals surface area (Å²) in [4.78, 5) is 9.95. The molecule has 1 N–H and O–H groups in total. The number of nitrogens with one attached hydrogen (secondary N) is 1. The Bertz CT molecular complexity index is 789. The maximum atomic E-state index is 12.1. The highest BCUT2D eigenvalue weighted by Gasteiger charge is 2.25. The van der Waals surface area contributed by atoms with E-state index in [-0.39, 0.29) is 15.1 Å². The summed E-state index contributed by atoms with van der Waals surface area (Å²) < 4.78 is 26.1. The number of nitro groups is 1. The van der Waals surface area contributed by atoms with E-state index < -0.39 is 20.6 Å². The summed E-state index contributed by atoms with van der Waals surface area (Å²) in [6.45, 7) is -0.0225. The monoisotopic (exact) mass is 366 g/mol. The number of hydrogen-bond acceptors (Lipinski definition) is 5. The van der Waals surface area contributed by atoms with Gasteiger partial charge in [0.25, 0.3) is 15.7 Å². The van der Waals surface area contributed by atoms with Gasteiger partial charge in [-0.1, -0.05) is 41.4 Å². The lowest BCUT2D eigenvalue weighted by Gasteiger charge is -2.06. The molecule has 0 saturated carbocycles. The first-order valence-electron chi connectivity index (χ1n) is 5.48. The van der Waals surface area contributed by atoms with E-state index >= 15 is 0 Å². The fourth-order valence-electron chi connectivity index (χ4n) is 1.48. The smallest absolute Gasteiger partial charge is 0.258 e. The average Bonchev–Trinajstić information content (AvgIpc) is 2.81. The Balaban J connectivity index is 2.21. The van der Waals surface area contributed by atoms with E-state index in [4.69, 9.17) is 23.2 Å². The molecule has 1 heterocycles. The standard InChI is InChI=1S/C11H8Cl2N2O4S2/c12-8-4-2-1-3-7(8)6-14-21(18,19)10-5-9(15(16)17)11(13)20-10/h1-5,14H,6H2. The van der Waals surface area contributed by atoms with Gasteiger partial charge in [0.05, 0.1) is 4.92 Å². The van der Waals surface area contributed by atoms with Gasteiger partial charge in [0.2, 0.25) is 0 Å². The van der Waals surface area contributed by atoms with Crippen LogP contribution in [0, 0.1) is 10.1 Å². The van der Waals surface area contributed by atoms with E-state index in [1.165, 1.54) is 0 Å². The Morgan fingerprint density at radius 2 is 1.95 bits per heavy atom. The topological polar surface area (TPSA) is 89.3 Å². The van der Waals surface area contributed by atoms with Gasteiger partial charge in [-0.25, -0.2) is 13.1 Å². The van der Waals surface area contributed by atoms with Gasteiger partial charge in [-0.2, -0.15) is 0 Å². The molecular weight excluding hydrogens is 359 g/mol. The Morgan fingerprint density at radius 1 is 1.29 bits per heavy atom. The molecule has 0 atom stereocenters. The summed E-state index contributed by atoms with van der Waals surface area (Å²) in [6.07, 6.45) is 0. The van der Waals surface area contributed by atoms with Crippen molar-refractivity contribution < 1.29 is 13.3 Å². The normalized spacial score (nSPS) is 11.5. The third kappa shape index (κ3) is 3.72. The Kier molecular flexibility index (Phi) is 4.84. The summed E-state index contributed by atoms with van der Waals surface area (Å²) in [5.74, 6) is 0. The predicted octanol–water partition coefficient (Wildman–Crippen LogP) is 3.44. The molecule has 0 unspecified atom stereocenters. The molecule has 0 aliphatic heterocycles. The molecule has 1 aromatic carbocycles. The van der Waals surface area contributed by atoms with Crippen molar-refractivity contribution in [1.82, 2.24) is 4.72 Å². The van der Waals surface area contributed by atoms with E-state index in [2.05, 4.69) is 4.72 Å². The zero-order valence-electron chi connectivity index (χ0n) is 10.2. The van der Waals surface area contributed by atoms with E-state index in [1.54, 1.807) is 24.3 Å². The third-order valence-electron chi connectivity index (χ3n) is 2.52. The lowest BCUT2D eigenvalue weighted by Crippen LogP contribution is -2.22. The van der Waals surface area contributed by atoms with Crippen LogP contribution in [-0.2, 0) is 16.6 Å². The molecule has 2 aromatic rings. The zero-order valence-corrected chi connectivity index (χ0v) is 13.4. The molecule has 0 amide bonds. The van der Waals surface area contributed by atoms with Crippen LogP contribution >= 0.6 is 34.5 Å². The van der Waals surface area contributed by atoms with Crippen molar-refractivity contribution in [2.45, 2.75) is 10.8 Å². The second-order valence-corrected chi connectivity index (χ2v) is 7.95. The number of benzene rings is 1. The number of thiophene rings is 1. The van der Waals surface area contributed by atoms with Gasteiger partial charge in [0.1, 0.15) is 4.21 Å². The molecular formula is C11H8Cl2N2O4S2. The summed E-state index contributed by atoms with van der Waals surface area (Å²) in [6, 6.07) is 7.69. The highest BCUT2D eigenvalue weighted by molar-refractivity contribution is 7.91. The van der Waals surface area contributed by atoms with Crippen LogP contribution in [0.2, 0.25) is 9.36 Å². The Morgan fingerprint density at radius 3 is 2.52 bits per heavy atom. The largest absolute Gasteiger partial charge is 0.300 e. The van der Waals surface area contributed by atoms with Crippen molar-refractivity contribution in [3.8, 4) is 0 Å². The summed E-state index contributed by atoms with van der Waals surface area (Å²) in [5, 5.41) is 11.1. The molecule has 0 saturated heterocycles. The number of rotatable bonds is 5. The van der Waals surface area contributed by atoms with E-state index in [0.717, 1.165) is 6.07 Å². The molecule has 0 radical (unpaired) electrons. The van der Waals surface area contributed by atoms with Crippen molar-refractivity contribution in [2.75, 3.05) is 0 Å². The molecule has 0 spiro atoms. The SMILES string of the molecule is O=[N+]([O-])c1cc(S(=O)(=O)NCc2ccccc2Cl)sc1Cl. The molecule has 21 heavy (non-hydrogen) atoms. The van der Waals surface area contributed by atoms with E-state index in [1.807, 2.05) is 0 Å². The molecule has 1 aromatic heterocycles. The summed E-state index contributed by atoms with van der Waals surface area (Å²) >= 11 is 12.2. The van der Waals surface area contributed by atoms with Crippen LogP contribution < -0.4 is 4.72 Å². The van der Waals surface area contributed by atoms with Gasteiger partial charge in [-0.05, 0) is 11.6 Å². The van der Waals surface area contributed by atoms with Crippen LogP contribution in [0.1, 0.15) is 5.56 Å². The second-order valence-electron chi connectivity index (χ2n) is 3.90. The van der Waals surface area contributed by atoms with Gasteiger partial charge in [0.15, 0.2) is 4.34 Å².